The average Bonchev–Trinajstić information content (AvgIpc) is 2.32. The molecule has 94 valence electrons. The minimum atomic E-state index is -0.638. The molecule has 0 bridgehead atoms. The second kappa shape index (κ2) is 7.90. The van der Waals surface area contributed by atoms with Crippen molar-refractivity contribution < 1.29 is 13.9 Å². The second-order valence-corrected chi connectivity index (χ2v) is 3.87. The van der Waals surface area contributed by atoms with E-state index in [1.165, 1.54) is 12.1 Å². The number of halogens is 2. The molecule has 0 aliphatic heterocycles. The van der Waals surface area contributed by atoms with Gasteiger partial charge in [0, 0.05) is 5.88 Å². The van der Waals surface area contributed by atoms with Crippen LogP contribution in [0.15, 0.2) is 24.3 Å². The van der Waals surface area contributed by atoms with E-state index in [1.807, 2.05) is 0 Å². The summed E-state index contributed by atoms with van der Waals surface area (Å²) in [5, 5.41) is 2.34. The van der Waals surface area contributed by atoms with Crippen molar-refractivity contribution in [1.29, 1.82) is 0 Å². The lowest BCUT2D eigenvalue weighted by molar-refractivity contribution is 0.159. The molecule has 1 rings (SSSR count). The Bertz CT molecular complexity index is 360. The molecule has 0 saturated heterocycles. The first-order valence-electron chi connectivity index (χ1n) is 5.48. The topological polar surface area (TPSA) is 38.3 Å². The molecule has 0 aliphatic rings. The number of para-hydroxylation sites is 1. The number of rotatable bonds is 6. The zero-order chi connectivity index (χ0) is 12.5. The van der Waals surface area contributed by atoms with Crippen LogP contribution in [0.1, 0.15) is 19.3 Å². The summed E-state index contributed by atoms with van der Waals surface area (Å²) in [6.45, 7) is 0.317. The van der Waals surface area contributed by atoms with Gasteiger partial charge in [0.25, 0.3) is 0 Å². The van der Waals surface area contributed by atoms with Crippen LogP contribution in [0, 0.1) is 5.82 Å². The van der Waals surface area contributed by atoms with Gasteiger partial charge in [0.1, 0.15) is 5.82 Å². The van der Waals surface area contributed by atoms with Gasteiger partial charge >= 0.3 is 6.09 Å². The molecule has 0 heterocycles. The number of ether oxygens (including phenoxy) is 1. The van der Waals surface area contributed by atoms with Crippen molar-refractivity contribution in [1.82, 2.24) is 0 Å². The summed E-state index contributed by atoms with van der Waals surface area (Å²) in [6.07, 6.45) is 1.94. The number of carbonyl (C=O) groups excluding carboxylic acids is 1. The normalized spacial score (nSPS) is 10.0. The van der Waals surface area contributed by atoms with Crippen molar-refractivity contribution in [3.05, 3.63) is 30.1 Å². The van der Waals surface area contributed by atoms with Gasteiger partial charge in [0.05, 0.1) is 12.3 Å². The maximum absolute atomic E-state index is 13.2. The van der Waals surface area contributed by atoms with Crippen molar-refractivity contribution in [2.75, 3.05) is 17.8 Å². The Kier molecular flexibility index (Phi) is 6.40. The zero-order valence-corrected chi connectivity index (χ0v) is 10.2. The van der Waals surface area contributed by atoms with Crippen molar-refractivity contribution in [3.63, 3.8) is 0 Å². The molecule has 0 fully saturated rings. The maximum Gasteiger partial charge on any atom is 0.411 e. The van der Waals surface area contributed by atoms with Crippen LogP contribution in [0.3, 0.4) is 0 Å². The van der Waals surface area contributed by atoms with E-state index < -0.39 is 11.9 Å². The fourth-order valence-corrected chi connectivity index (χ4v) is 1.44. The van der Waals surface area contributed by atoms with Crippen LogP contribution in [-0.2, 0) is 4.74 Å². The summed E-state index contributed by atoms with van der Waals surface area (Å²) < 4.78 is 18.0. The number of carbonyl (C=O) groups is 1. The third-order valence-electron chi connectivity index (χ3n) is 2.12. The number of alkyl halides is 1. The molecule has 1 aromatic rings. The van der Waals surface area contributed by atoms with Gasteiger partial charge in [-0.05, 0) is 31.4 Å². The van der Waals surface area contributed by atoms with Crippen LogP contribution in [0.2, 0.25) is 0 Å². The third-order valence-corrected chi connectivity index (χ3v) is 2.39. The highest BCUT2D eigenvalue weighted by Crippen LogP contribution is 2.12. The van der Waals surface area contributed by atoms with E-state index >= 15 is 0 Å². The van der Waals surface area contributed by atoms with Gasteiger partial charge < -0.3 is 4.74 Å². The Morgan fingerprint density at radius 1 is 1.29 bits per heavy atom. The molecule has 0 unspecified atom stereocenters. The molecule has 1 amide bonds. The standard InChI is InChI=1S/C12H15ClFNO2/c13-8-4-1-5-9-17-12(16)15-11-7-3-2-6-10(11)14/h2-3,6-7H,1,4-5,8-9H2,(H,15,16). The lowest BCUT2D eigenvalue weighted by atomic mass is 10.3. The van der Waals surface area contributed by atoms with E-state index in [-0.39, 0.29) is 5.69 Å². The van der Waals surface area contributed by atoms with E-state index in [2.05, 4.69) is 5.32 Å². The molecule has 0 aromatic heterocycles. The Balaban J connectivity index is 2.23. The highest BCUT2D eigenvalue weighted by atomic mass is 35.5. The molecular weight excluding hydrogens is 245 g/mol. The Labute approximate surface area is 105 Å². The summed E-state index contributed by atoms with van der Waals surface area (Å²) in [6, 6.07) is 5.94. The first kappa shape index (κ1) is 13.8. The summed E-state index contributed by atoms with van der Waals surface area (Å²) in [7, 11) is 0. The van der Waals surface area contributed by atoms with Crippen molar-refractivity contribution in [2.45, 2.75) is 19.3 Å². The van der Waals surface area contributed by atoms with Crippen LogP contribution in [0.5, 0.6) is 0 Å². The minimum absolute atomic E-state index is 0.123. The van der Waals surface area contributed by atoms with E-state index in [9.17, 15) is 9.18 Å². The van der Waals surface area contributed by atoms with Crippen LogP contribution in [-0.4, -0.2) is 18.6 Å². The Morgan fingerprint density at radius 3 is 2.76 bits per heavy atom. The molecule has 3 nitrogen and oxygen atoms in total. The number of benzene rings is 1. The van der Waals surface area contributed by atoms with Gasteiger partial charge in [-0.15, -0.1) is 11.6 Å². The van der Waals surface area contributed by atoms with Gasteiger partial charge in [0.15, 0.2) is 0 Å². The first-order chi connectivity index (χ1) is 8.24. The van der Waals surface area contributed by atoms with Crippen molar-refractivity contribution in [3.8, 4) is 0 Å². The van der Waals surface area contributed by atoms with Crippen LogP contribution in [0.4, 0.5) is 14.9 Å². The molecule has 0 atom stereocenters. The van der Waals surface area contributed by atoms with Gasteiger partial charge in [-0.2, -0.15) is 0 Å². The quantitative estimate of drug-likeness (QED) is 0.624. The SMILES string of the molecule is O=C(Nc1ccccc1F)OCCCCCCl. The molecule has 0 aliphatic carbocycles. The summed E-state index contributed by atoms with van der Waals surface area (Å²) in [4.78, 5) is 11.3. The fourth-order valence-electron chi connectivity index (χ4n) is 1.25. The van der Waals surface area contributed by atoms with Crippen LogP contribution >= 0.6 is 11.6 Å². The number of amides is 1. The maximum atomic E-state index is 13.2. The number of unbranched alkanes of at least 4 members (excludes halogenated alkanes) is 2. The van der Waals surface area contributed by atoms with Gasteiger partial charge in [-0.3, -0.25) is 5.32 Å². The molecule has 1 N–H and O–H groups in total. The van der Waals surface area contributed by atoms with E-state index in [4.69, 9.17) is 16.3 Å². The Hall–Kier alpha value is -1.29. The minimum Gasteiger partial charge on any atom is -0.449 e. The smallest absolute Gasteiger partial charge is 0.411 e. The molecule has 1 aromatic carbocycles. The van der Waals surface area contributed by atoms with Crippen LogP contribution < -0.4 is 5.32 Å². The van der Waals surface area contributed by atoms with Crippen molar-refractivity contribution in [2.24, 2.45) is 0 Å². The molecule has 0 spiro atoms. The first-order valence-corrected chi connectivity index (χ1v) is 6.02. The molecule has 0 saturated carbocycles. The van der Waals surface area contributed by atoms with Gasteiger partial charge in [0.2, 0.25) is 0 Å². The predicted octanol–water partition coefficient (Wildman–Crippen LogP) is 3.78. The van der Waals surface area contributed by atoms with Crippen LogP contribution in [0.25, 0.3) is 0 Å². The number of nitrogens with one attached hydrogen (secondary N) is 1. The summed E-state index contributed by atoms with van der Waals surface area (Å²) in [5.41, 5.74) is 0.123. The number of hydrogen-bond donors (Lipinski definition) is 1. The number of hydrogen-bond acceptors (Lipinski definition) is 2. The average molecular weight is 260 g/mol. The summed E-state index contributed by atoms with van der Waals surface area (Å²) >= 11 is 5.51. The summed E-state index contributed by atoms with van der Waals surface area (Å²) in [5.74, 6) is 0.133. The van der Waals surface area contributed by atoms with E-state index in [0.717, 1.165) is 19.3 Å². The largest absolute Gasteiger partial charge is 0.449 e. The second-order valence-electron chi connectivity index (χ2n) is 3.49. The third kappa shape index (κ3) is 5.54. The lowest BCUT2D eigenvalue weighted by Crippen LogP contribution is -2.15. The lowest BCUT2D eigenvalue weighted by Gasteiger charge is -2.07. The highest BCUT2D eigenvalue weighted by Gasteiger charge is 2.06. The van der Waals surface area contributed by atoms with Gasteiger partial charge in [-0.1, -0.05) is 12.1 Å². The highest BCUT2D eigenvalue weighted by molar-refractivity contribution is 6.17. The monoisotopic (exact) mass is 259 g/mol. The van der Waals surface area contributed by atoms with E-state index in [0.29, 0.717) is 12.5 Å². The molecule has 0 radical (unpaired) electrons. The Morgan fingerprint density at radius 2 is 2.06 bits per heavy atom. The molecular formula is C12H15ClFNO2. The molecule has 5 heteroatoms. The van der Waals surface area contributed by atoms with Gasteiger partial charge in [-0.25, -0.2) is 9.18 Å². The molecule has 17 heavy (non-hydrogen) atoms. The predicted molar refractivity (Wildman–Crippen MR) is 65.9 cm³/mol. The van der Waals surface area contributed by atoms with E-state index in [1.54, 1.807) is 12.1 Å². The zero-order valence-electron chi connectivity index (χ0n) is 9.42. The number of anilines is 1. The van der Waals surface area contributed by atoms with Crippen molar-refractivity contribution >= 4 is 23.4 Å². The fraction of sp³-hybridized carbons (Fsp3) is 0.417.